The minimum Gasteiger partial charge on any atom is -0.339 e. The zero-order valence-corrected chi connectivity index (χ0v) is 14.6. The molecule has 2 N–H and O–H groups in total. The highest BCUT2D eigenvalue weighted by atomic mass is 35.5. The normalized spacial score (nSPS) is 17.0. The molecule has 2 rings (SSSR count). The predicted octanol–water partition coefficient (Wildman–Crippen LogP) is 2.53. The SMILES string of the molecule is CCN(CC)C(=O)c1ccc(NC(=O)C2CCCNC2)cc1.Cl. The minimum atomic E-state index is 0. The fourth-order valence-corrected chi connectivity index (χ4v) is 2.71. The van der Waals surface area contributed by atoms with Crippen molar-refractivity contribution in [2.75, 3.05) is 31.5 Å². The summed E-state index contributed by atoms with van der Waals surface area (Å²) in [5.41, 5.74) is 1.40. The van der Waals surface area contributed by atoms with E-state index in [2.05, 4.69) is 10.6 Å². The Hall–Kier alpha value is -1.59. The van der Waals surface area contributed by atoms with E-state index in [0.717, 1.165) is 31.6 Å². The second-order valence-corrected chi connectivity index (χ2v) is 5.59. The largest absolute Gasteiger partial charge is 0.339 e. The van der Waals surface area contributed by atoms with E-state index >= 15 is 0 Å². The first-order valence-electron chi connectivity index (χ1n) is 8.06. The van der Waals surface area contributed by atoms with Gasteiger partial charge in [-0.15, -0.1) is 12.4 Å². The molecule has 0 saturated carbocycles. The zero-order chi connectivity index (χ0) is 15.9. The molecule has 1 unspecified atom stereocenters. The molecule has 0 aliphatic carbocycles. The average molecular weight is 340 g/mol. The molecule has 1 aromatic carbocycles. The Morgan fingerprint density at radius 1 is 1.22 bits per heavy atom. The maximum absolute atomic E-state index is 12.2. The van der Waals surface area contributed by atoms with Crippen molar-refractivity contribution in [3.8, 4) is 0 Å². The van der Waals surface area contributed by atoms with Crippen LogP contribution in [0.5, 0.6) is 0 Å². The molecule has 0 radical (unpaired) electrons. The van der Waals surface area contributed by atoms with Crippen LogP contribution in [0.25, 0.3) is 0 Å². The third-order valence-electron chi connectivity index (χ3n) is 4.12. The summed E-state index contributed by atoms with van der Waals surface area (Å²) in [5, 5.41) is 6.17. The smallest absolute Gasteiger partial charge is 0.253 e. The number of carbonyl (C=O) groups excluding carboxylic acids is 2. The summed E-state index contributed by atoms with van der Waals surface area (Å²) in [6.45, 7) is 7.06. The number of hydrogen-bond acceptors (Lipinski definition) is 3. The maximum atomic E-state index is 12.2. The van der Waals surface area contributed by atoms with E-state index in [1.54, 1.807) is 29.2 Å². The van der Waals surface area contributed by atoms with Crippen molar-refractivity contribution >= 4 is 29.9 Å². The van der Waals surface area contributed by atoms with E-state index in [-0.39, 0.29) is 30.1 Å². The number of hydrogen-bond donors (Lipinski definition) is 2. The van der Waals surface area contributed by atoms with Crippen LogP contribution in [0.15, 0.2) is 24.3 Å². The molecule has 1 aliphatic rings. The van der Waals surface area contributed by atoms with Gasteiger partial charge >= 0.3 is 0 Å². The Bertz CT molecular complexity index is 509. The van der Waals surface area contributed by atoms with Crippen LogP contribution >= 0.6 is 12.4 Å². The summed E-state index contributed by atoms with van der Waals surface area (Å²) in [5.74, 6) is 0.111. The van der Waals surface area contributed by atoms with Crippen LogP contribution in [-0.2, 0) is 4.79 Å². The molecule has 6 heteroatoms. The Balaban J connectivity index is 0.00000264. The van der Waals surface area contributed by atoms with Gasteiger partial charge in [0.1, 0.15) is 0 Å². The molecule has 0 spiro atoms. The van der Waals surface area contributed by atoms with Crippen LogP contribution in [-0.4, -0.2) is 42.9 Å². The first-order chi connectivity index (χ1) is 10.7. The van der Waals surface area contributed by atoms with Crippen molar-refractivity contribution < 1.29 is 9.59 Å². The summed E-state index contributed by atoms with van der Waals surface area (Å²) >= 11 is 0. The zero-order valence-electron chi connectivity index (χ0n) is 13.8. The van der Waals surface area contributed by atoms with Gasteiger partial charge in [-0.3, -0.25) is 9.59 Å². The van der Waals surface area contributed by atoms with Gasteiger partial charge in [-0.05, 0) is 57.5 Å². The monoisotopic (exact) mass is 339 g/mol. The minimum absolute atomic E-state index is 0. The van der Waals surface area contributed by atoms with Gasteiger partial charge in [0.05, 0.1) is 5.92 Å². The number of carbonyl (C=O) groups is 2. The molecule has 23 heavy (non-hydrogen) atoms. The van der Waals surface area contributed by atoms with E-state index in [0.29, 0.717) is 18.7 Å². The van der Waals surface area contributed by atoms with Crippen molar-refractivity contribution in [2.45, 2.75) is 26.7 Å². The number of rotatable bonds is 5. The second-order valence-electron chi connectivity index (χ2n) is 5.59. The van der Waals surface area contributed by atoms with Gasteiger partial charge in [0, 0.05) is 30.9 Å². The second kappa shape index (κ2) is 9.53. The molecular weight excluding hydrogens is 314 g/mol. The van der Waals surface area contributed by atoms with Crippen LogP contribution < -0.4 is 10.6 Å². The number of amides is 2. The molecule has 1 fully saturated rings. The number of nitrogens with one attached hydrogen (secondary N) is 2. The lowest BCUT2D eigenvalue weighted by Gasteiger charge is -2.22. The topological polar surface area (TPSA) is 61.4 Å². The maximum Gasteiger partial charge on any atom is 0.253 e. The molecule has 1 aromatic rings. The highest BCUT2D eigenvalue weighted by Gasteiger charge is 2.21. The highest BCUT2D eigenvalue weighted by molar-refractivity contribution is 5.96. The van der Waals surface area contributed by atoms with Crippen molar-refractivity contribution in [1.82, 2.24) is 10.2 Å². The van der Waals surface area contributed by atoms with Gasteiger partial charge in [-0.2, -0.15) is 0 Å². The number of halogens is 1. The number of piperidine rings is 1. The first-order valence-corrected chi connectivity index (χ1v) is 8.06. The Morgan fingerprint density at radius 2 is 1.87 bits per heavy atom. The van der Waals surface area contributed by atoms with Crippen LogP contribution in [0.4, 0.5) is 5.69 Å². The van der Waals surface area contributed by atoms with E-state index < -0.39 is 0 Å². The Kier molecular flexibility index (Phi) is 8.06. The highest BCUT2D eigenvalue weighted by Crippen LogP contribution is 2.16. The third-order valence-corrected chi connectivity index (χ3v) is 4.12. The molecule has 0 bridgehead atoms. The molecule has 1 aliphatic heterocycles. The van der Waals surface area contributed by atoms with Crippen molar-refractivity contribution in [2.24, 2.45) is 5.92 Å². The molecule has 128 valence electrons. The number of benzene rings is 1. The lowest BCUT2D eigenvalue weighted by molar-refractivity contribution is -0.120. The summed E-state index contributed by atoms with van der Waals surface area (Å²) in [6.07, 6.45) is 1.97. The summed E-state index contributed by atoms with van der Waals surface area (Å²) in [7, 11) is 0. The Morgan fingerprint density at radius 3 is 2.39 bits per heavy atom. The lowest BCUT2D eigenvalue weighted by atomic mass is 9.99. The average Bonchev–Trinajstić information content (AvgIpc) is 2.57. The Labute approximate surface area is 144 Å². The van der Waals surface area contributed by atoms with E-state index in [1.165, 1.54) is 0 Å². The molecule has 5 nitrogen and oxygen atoms in total. The van der Waals surface area contributed by atoms with Gasteiger partial charge in [0.25, 0.3) is 5.91 Å². The van der Waals surface area contributed by atoms with Gasteiger partial charge < -0.3 is 15.5 Å². The van der Waals surface area contributed by atoms with Crippen LogP contribution in [0, 0.1) is 5.92 Å². The molecule has 0 aromatic heterocycles. The van der Waals surface area contributed by atoms with Crippen molar-refractivity contribution in [1.29, 1.82) is 0 Å². The van der Waals surface area contributed by atoms with Crippen LogP contribution in [0.1, 0.15) is 37.0 Å². The number of anilines is 1. The standard InChI is InChI=1S/C17H25N3O2.ClH/c1-3-20(4-2)17(22)13-7-9-15(10-8-13)19-16(21)14-6-5-11-18-12-14;/h7-10,14,18H,3-6,11-12H2,1-2H3,(H,19,21);1H. The lowest BCUT2D eigenvalue weighted by Crippen LogP contribution is -2.37. The number of nitrogens with zero attached hydrogens (tertiary/aromatic N) is 1. The summed E-state index contributed by atoms with van der Waals surface area (Å²) in [6, 6.07) is 7.14. The molecule has 1 heterocycles. The van der Waals surface area contributed by atoms with Crippen molar-refractivity contribution in [3.63, 3.8) is 0 Å². The predicted molar refractivity (Wildman–Crippen MR) is 95.2 cm³/mol. The third kappa shape index (κ3) is 5.22. The van der Waals surface area contributed by atoms with Crippen LogP contribution in [0.3, 0.4) is 0 Å². The fourth-order valence-electron chi connectivity index (χ4n) is 2.71. The van der Waals surface area contributed by atoms with E-state index in [1.807, 2.05) is 13.8 Å². The van der Waals surface area contributed by atoms with Crippen LogP contribution in [0.2, 0.25) is 0 Å². The van der Waals surface area contributed by atoms with Gasteiger partial charge in [-0.25, -0.2) is 0 Å². The van der Waals surface area contributed by atoms with Gasteiger partial charge in [0.2, 0.25) is 5.91 Å². The van der Waals surface area contributed by atoms with E-state index in [9.17, 15) is 9.59 Å². The molecular formula is C17H26ClN3O2. The molecule has 1 saturated heterocycles. The molecule has 1 atom stereocenters. The van der Waals surface area contributed by atoms with Crippen molar-refractivity contribution in [3.05, 3.63) is 29.8 Å². The van der Waals surface area contributed by atoms with Gasteiger partial charge in [0.15, 0.2) is 0 Å². The van der Waals surface area contributed by atoms with E-state index in [4.69, 9.17) is 0 Å². The first kappa shape index (κ1) is 19.5. The molecule has 2 amide bonds. The summed E-state index contributed by atoms with van der Waals surface area (Å²) in [4.78, 5) is 26.2. The summed E-state index contributed by atoms with van der Waals surface area (Å²) < 4.78 is 0. The van der Waals surface area contributed by atoms with Gasteiger partial charge in [-0.1, -0.05) is 0 Å². The fraction of sp³-hybridized carbons (Fsp3) is 0.529. The quantitative estimate of drug-likeness (QED) is 0.866.